The van der Waals surface area contributed by atoms with Gasteiger partial charge in [0.15, 0.2) is 5.76 Å². The molecule has 0 fully saturated rings. The monoisotopic (exact) mass is 347 g/mol. The van der Waals surface area contributed by atoms with Crippen LogP contribution in [0.5, 0.6) is 0 Å². The van der Waals surface area contributed by atoms with Crippen LogP contribution in [0.4, 0.5) is 0 Å². The number of furan rings is 1. The topological polar surface area (TPSA) is 81.2 Å². The van der Waals surface area contributed by atoms with E-state index in [4.69, 9.17) is 8.83 Å². The molecule has 0 atom stereocenters. The molecule has 6 nitrogen and oxygen atoms in total. The molecule has 0 saturated heterocycles. The van der Waals surface area contributed by atoms with Crippen LogP contribution in [0.3, 0.4) is 0 Å². The summed E-state index contributed by atoms with van der Waals surface area (Å²) in [5, 5.41) is 11.6. The lowest BCUT2D eigenvalue weighted by atomic mass is 10.1. The first-order valence-corrected chi connectivity index (χ1v) is 8.27. The number of nitrogens with zero attached hydrogens (tertiary/aromatic N) is 2. The highest BCUT2D eigenvalue weighted by atomic mass is 16.4. The zero-order valence-electron chi connectivity index (χ0n) is 14.4. The van der Waals surface area contributed by atoms with Crippen molar-refractivity contribution in [2.24, 2.45) is 0 Å². The predicted octanol–water partition coefficient (Wildman–Crippen LogP) is 4.03. The molecular formula is C20H17N3O3. The predicted molar refractivity (Wildman–Crippen MR) is 96.6 cm³/mol. The summed E-state index contributed by atoms with van der Waals surface area (Å²) in [6, 6.07) is 15.6. The van der Waals surface area contributed by atoms with Gasteiger partial charge in [-0.05, 0) is 25.5 Å². The van der Waals surface area contributed by atoms with Crippen molar-refractivity contribution >= 4 is 16.9 Å². The van der Waals surface area contributed by atoms with Crippen molar-refractivity contribution < 1.29 is 13.6 Å². The summed E-state index contributed by atoms with van der Waals surface area (Å²) in [7, 11) is 0. The standard InChI is InChI=1S/C20H17N3O3/c1-12-6-5-7-14(10-12)11-21-18(24)20-23-22-19(26-20)17-13(2)15-8-3-4-9-16(15)25-17/h3-10H,11H2,1-2H3,(H,21,24). The molecule has 0 unspecified atom stereocenters. The van der Waals surface area contributed by atoms with Crippen LogP contribution in [-0.4, -0.2) is 16.1 Å². The van der Waals surface area contributed by atoms with E-state index in [1.54, 1.807) is 0 Å². The molecule has 0 aliphatic rings. The molecule has 6 heteroatoms. The Bertz CT molecular complexity index is 1090. The molecule has 0 bridgehead atoms. The van der Waals surface area contributed by atoms with Crippen LogP contribution < -0.4 is 5.32 Å². The number of fused-ring (bicyclic) bond motifs is 1. The Labute approximate surface area is 149 Å². The van der Waals surface area contributed by atoms with Crippen molar-refractivity contribution in [1.29, 1.82) is 0 Å². The van der Waals surface area contributed by atoms with Crippen molar-refractivity contribution in [3.8, 4) is 11.7 Å². The molecule has 1 N–H and O–H groups in total. The fourth-order valence-electron chi connectivity index (χ4n) is 2.87. The van der Waals surface area contributed by atoms with Gasteiger partial charge in [0.1, 0.15) is 5.58 Å². The maximum Gasteiger partial charge on any atom is 0.309 e. The zero-order valence-corrected chi connectivity index (χ0v) is 14.4. The molecule has 0 aliphatic heterocycles. The number of para-hydroxylation sites is 1. The van der Waals surface area contributed by atoms with Crippen LogP contribution in [0.1, 0.15) is 27.4 Å². The lowest BCUT2D eigenvalue weighted by Crippen LogP contribution is -2.23. The van der Waals surface area contributed by atoms with Crippen molar-refractivity contribution in [1.82, 2.24) is 15.5 Å². The summed E-state index contributed by atoms with van der Waals surface area (Å²) in [6.07, 6.45) is 0. The summed E-state index contributed by atoms with van der Waals surface area (Å²) in [5.74, 6) is 0.169. The van der Waals surface area contributed by atoms with Crippen LogP contribution in [0.2, 0.25) is 0 Å². The van der Waals surface area contributed by atoms with Gasteiger partial charge in [0.25, 0.3) is 5.89 Å². The van der Waals surface area contributed by atoms with Gasteiger partial charge >= 0.3 is 11.8 Å². The van der Waals surface area contributed by atoms with E-state index in [0.29, 0.717) is 12.3 Å². The van der Waals surface area contributed by atoms with E-state index in [-0.39, 0.29) is 11.8 Å². The average molecular weight is 347 g/mol. The van der Waals surface area contributed by atoms with Gasteiger partial charge in [0.2, 0.25) is 0 Å². The van der Waals surface area contributed by atoms with Crippen LogP contribution in [-0.2, 0) is 6.54 Å². The van der Waals surface area contributed by atoms with Gasteiger partial charge < -0.3 is 14.2 Å². The SMILES string of the molecule is Cc1cccc(CNC(=O)c2nnc(-c3oc4ccccc4c3C)o2)c1. The number of amides is 1. The highest BCUT2D eigenvalue weighted by molar-refractivity contribution is 5.90. The molecule has 4 rings (SSSR count). The van der Waals surface area contributed by atoms with Crippen LogP contribution in [0, 0.1) is 13.8 Å². The van der Waals surface area contributed by atoms with E-state index in [0.717, 1.165) is 27.7 Å². The molecule has 2 aromatic carbocycles. The van der Waals surface area contributed by atoms with E-state index in [1.807, 2.05) is 62.4 Å². The van der Waals surface area contributed by atoms with Gasteiger partial charge in [-0.3, -0.25) is 4.79 Å². The number of carbonyl (C=O) groups is 1. The fraction of sp³-hybridized carbons (Fsp3) is 0.150. The zero-order chi connectivity index (χ0) is 18.1. The second-order valence-corrected chi connectivity index (χ2v) is 6.14. The van der Waals surface area contributed by atoms with E-state index in [1.165, 1.54) is 0 Å². The Morgan fingerprint density at radius 1 is 1.04 bits per heavy atom. The molecule has 1 amide bonds. The molecule has 0 aliphatic carbocycles. The number of hydrogen-bond donors (Lipinski definition) is 1. The maximum atomic E-state index is 12.3. The normalized spacial score (nSPS) is 11.0. The minimum atomic E-state index is -0.418. The number of benzene rings is 2. The highest BCUT2D eigenvalue weighted by Crippen LogP contribution is 2.31. The minimum absolute atomic E-state index is 0.0903. The number of carbonyl (C=O) groups excluding carboxylic acids is 1. The third kappa shape index (κ3) is 2.97. The molecule has 26 heavy (non-hydrogen) atoms. The van der Waals surface area contributed by atoms with Gasteiger partial charge in [-0.15, -0.1) is 10.2 Å². The van der Waals surface area contributed by atoms with E-state index < -0.39 is 5.91 Å². The third-order valence-electron chi connectivity index (χ3n) is 4.19. The molecule has 2 heterocycles. The summed E-state index contributed by atoms with van der Waals surface area (Å²) >= 11 is 0. The average Bonchev–Trinajstić information content (AvgIpc) is 3.25. The lowest BCUT2D eigenvalue weighted by molar-refractivity contribution is 0.0916. The fourth-order valence-corrected chi connectivity index (χ4v) is 2.87. The van der Waals surface area contributed by atoms with Gasteiger partial charge in [0, 0.05) is 17.5 Å². The first-order chi connectivity index (χ1) is 12.6. The van der Waals surface area contributed by atoms with Crippen molar-refractivity contribution in [3.63, 3.8) is 0 Å². The van der Waals surface area contributed by atoms with Crippen LogP contribution >= 0.6 is 0 Å². The molecule has 0 spiro atoms. The summed E-state index contributed by atoms with van der Waals surface area (Å²) in [4.78, 5) is 12.3. The second-order valence-electron chi connectivity index (χ2n) is 6.14. The number of nitrogens with one attached hydrogen (secondary N) is 1. The van der Waals surface area contributed by atoms with Gasteiger partial charge in [-0.1, -0.05) is 48.0 Å². The summed E-state index contributed by atoms with van der Waals surface area (Å²) in [5.41, 5.74) is 3.78. The van der Waals surface area contributed by atoms with Crippen molar-refractivity contribution in [2.45, 2.75) is 20.4 Å². The molecular weight excluding hydrogens is 330 g/mol. The maximum absolute atomic E-state index is 12.3. The van der Waals surface area contributed by atoms with Crippen LogP contribution in [0.15, 0.2) is 57.4 Å². The van der Waals surface area contributed by atoms with Crippen molar-refractivity contribution in [3.05, 3.63) is 71.1 Å². The largest absolute Gasteiger partial charge is 0.451 e. The second kappa shape index (κ2) is 6.48. The number of aryl methyl sites for hydroxylation is 2. The number of rotatable bonds is 4. The Morgan fingerprint density at radius 2 is 1.88 bits per heavy atom. The van der Waals surface area contributed by atoms with Gasteiger partial charge in [0.05, 0.1) is 0 Å². The first kappa shape index (κ1) is 16.1. The highest BCUT2D eigenvalue weighted by Gasteiger charge is 2.20. The molecule has 2 aromatic heterocycles. The van der Waals surface area contributed by atoms with Gasteiger partial charge in [-0.2, -0.15) is 0 Å². The summed E-state index contributed by atoms with van der Waals surface area (Å²) < 4.78 is 11.3. The van der Waals surface area contributed by atoms with Gasteiger partial charge in [-0.25, -0.2) is 0 Å². The number of hydrogen-bond acceptors (Lipinski definition) is 5. The Kier molecular flexibility index (Phi) is 4.01. The lowest BCUT2D eigenvalue weighted by Gasteiger charge is -2.03. The number of aromatic nitrogens is 2. The Hall–Kier alpha value is -3.41. The third-order valence-corrected chi connectivity index (χ3v) is 4.19. The molecule has 130 valence electrons. The Morgan fingerprint density at radius 3 is 2.69 bits per heavy atom. The molecule has 0 saturated carbocycles. The van der Waals surface area contributed by atoms with E-state index >= 15 is 0 Å². The Balaban J connectivity index is 1.53. The molecule has 0 radical (unpaired) electrons. The molecule has 4 aromatic rings. The first-order valence-electron chi connectivity index (χ1n) is 8.27. The van der Waals surface area contributed by atoms with Crippen molar-refractivity contribution in [2.75, 3.05) is 0 Å². The minimum Gasteiger partial charge on any atom is -0.451 e. The quantitative estimate of drug-likeness (QED) is 0.603. The summed E-state index contributed by atoms with van der Waals surface area (Å²) in [6.45, 7) is 4.32. The van der Waals surface area contributed by atoms with Crippen LogP contribution in [0.25, 0.3) is 22.6 Å². The smallest absolute Gasteiger partial charge is 0.309 e. The van der Waals surface area contributed by atoms with E-state index in [9.17, 15) is 4.79 Å². The van der Waals surface area contributed by atoms with E-state index in [2.05, 4.69) is 15.5 Å².